The van der Waals surface area contributed by atoms with Gasteiger partial charge in [-0.3, -0.25) is 4.40 Å². The number of ether oxygens (including phenoxy) is 2. The van der Waals surface area contributed by atoms with E-state index >= 15 is 0 Å². The van der Waals surface area contributed by atoms with Crippen molar-refractivity contribution >= 4 is 40.6 Å². The van der Waals surface area contributed by atoms with Crippen LogP contribution in [0.4, 0.5) is 0 Å². The predicted molar refractivity (Wildman–Crippen MR) is 79.8 cm³/mol. The molecule has 0 aromatic carbocycles. The SMILES string of the molecule is CC1(C)OC2CS[C@@H](c3nnc4c(Cl)nc(Cl)cn34)[C@H]2O1. The fourth-order valence-electron chi connectivity index (χ4n) is 2.81. The van der Waals surface area contributed by atoms with Gasteiger partial charge in [0.05, 0.1) is 11.4 Å². The second-order valence-corrected chi connectivity index (χ2v) is 7.42. The molecule has 3 atom stereocenters. The molecule has 0 radical (unpaired) electrons. The minimum Gasteiger partial charge on any atom is -0.344 e. The molecule has 9 heteroatoms. The van der Waals surface area contributed by atoms with E-state index < -0.39 is 5.79 Å². The van der Waals surface area contributed by atoms with Crippen LogP contribution in [0.3, 0.4) is 0 Å². The molecule has 2 aromatic rings. The highest BCUT2D eigenvalue weighted by molar-refractivity contribution is 7.99. The van der Waals surface area contributed by atoms with Gasteiger partial charge < -0.3 is 9.47 Å². The monoisotopic (exact) mass is 346 g/mol. The van der Waals surface area contributed by atoms with Crippen LogP contribution in [0.25, 0.3) is 5.65 Å². The highest BCUT2D eigenvalue weighted by Crippen LogP contribution is 2.48. The van der Waals surface area contributed by atoms with E-state index in [4.69, 9.17) is 32.7 Å². The van der Waals surface area contributed by atoms with Crippen molar-refractivity contribution in [3.63, 3.8) is 0 Å². The molecule has 21 heavy (non-hydrogen) atoms. The van der Waals surface area contributed by atoms with Gasteiger partial charge in [0, 0.05) is 11.9 Å². The minimum absolute atomic E-state index is 0.0290. The van der Waals surface area contributed by atoms with E-state index in [1.165, 1.54) is 0 Å². The Kier molecular flexibility index (Phi) is 3.14. The van der Waals surface area contributed by atoms with E-state index in [0.717, 1.165) is 11.6 Å². The normalized spacial score (nSPS) is 31.0. The molecule has 0 bridgehead atoms. The third kappa shape index (κ3) is 2.22. The van der Waals surface area contributed by atoms with Crippen molar-refractivity contribution in [2.45, 2.75) is 37.1 Å². The lowest BCUT2D eigenvalue weighted by atomic mass is 10.1. The standard InChI is InChI=1S/C12H12Cl2N4O2S/c1-12(2)19-5-4-21-8(7(5)20-12)10-16-17-11-9(14)15-6(13)3-18(10)11/h3,5,7-8H,4H2,1-2H3/t5?,7-,8+/m0/s1. The molecule has 0 saturated carbocycles. The molecule has 0 N–H and O–H groups in total. The largest absolute Gasteiger partial charge is 0.344 e. The summed E-state index contributed by atoms with van der Waals surface area (Å²) < 4.78 is 13.7. The van der Waals surface area contributed by atoms with Gasteiger partial charge in [-0.1, -0.05) is 23.2 Å². The van der Waals surface area contributed by atoms with Gasteiger partial charge in [-0.25, -0.2) is 4.98 Å². The van der Waals surface area contributed by atoms with E-state index in [1.807, 2.05) is 13.8 Å². The molecule has 0 aliphatic carbocycles. The summed E-state index contributed by atoms with van der Waals surface area (Å²) in [4.78, 5) is 3.98. The second kappa shape index (κ2) is 4.70. The summed E-state index contributed by atoms with van der Waals surface area (Å²) in [7, 11) is 0. The molecule has 4 rings (SSSR count). The van der Waals surface area contributed by atoms with Gasteiger partial charge in [0.15, 0.2) is 22.4 Å². The molecule has 2 fully saturated rings. The van der Waals surface area contributed by atoms with Crippen molar-refractivity contribution < 1.29 is 9.47 Å². The molecule has 2 aromatic heterocycles. The first kappa shape index (κ1) is 14.0. The third-order valence-corrected chi connectivity index (χ3v) is 5.36. The first-order chi connectivity index (χ1) is 9.94. The number of nitrogens with zero attached hydrogens (tertiary/aromatic N) is 4. The molecule has 2 aliphatic heterocycles. The van der Waals surface area contributed by atoms with Gasteiger partial charge in [-0.05, 0) is 13.8 Å². The molecular formula is C12H12Cl2N4O2S. The van der Waals surface area contributed by atoms with Crippen LogP contribution in [-0.2, 0) is 9.47 Å². The Labute approximate surface area is 135 Å². The lowest BCUT2D eigenvalue weighted by Gasteiger charge is -2.20. The minimum atomic E-state index is -0.564. The second-order valence-electron chi connectivity index (χ2n) is 5.50. The highest BCUT2D eigenvalue weighted by Gasteiger charge is 2.51. The number of thioether (sulfide) groups is 1. The van der Waals surface area contributed by atoms with Crippen molar-refractivity contribution in [3.8, 4) is 0 Å². The average molecular weight is 347 g/mol. The molecule has 2 saturated heterocycles. The molecule has 1 unspecified atom stereocenters. The Bertz CT molecular complexity index is 723. The van der Waals surface area contributed by atoms with Crippen molar-refractivity contribution in [3.05, 3.63) is 22.3 Å². The number of hydrogen-bond acceptors (Lipinski definition) is 6. The Balaban J connectivity index is 1.77. The summed E-state index contributed by atoms with van der Waals surface area (Å²) in [5.41, 5.74) is 0.498. The summed E-state index contributed by atoms with van der Waals surface area (Å²) in [6.07, 6.45) is 1.69. The van der Waals surface area contributed by atoms with Crippen LogP contribution < -0.4 is 0 Å². The summed E-state index contributed by atoms with van der Waals surface area (Å²) in [6.45, 7) is 3.85. The van der Waals surface area contributed by atoms with Gasteiger partial charge in [-0.15, -0.1) is 22.0 Å². The van der Waals surface area contributed by atoms with Crippen molar-refractivity contribution in [2.75, 3.05) is 5.75 Å². The molecule has 0 amide bonds. The predicted octanol–water partition coefficient (Wildman–Crippen LogP) is 2.74. The molecule has 2 aliphatic rings. The van der Waals surface area contributed by atoms with Crippen LogP contribution in [0.2, 0.25) is 10.3 Å². The maximum absolute atomic E-state index is 6.06. The number of aromatic nitrogens is 4. The van der Waals surface area contributed by atoms with Crippen LogP contribution in [-0.4, -0.2) is 43.3 Å². The molecule has 4 heterocycles. The van der Waals surface area contributed by atoms with Gasteiger partial charge in [0.1, 0.15) is 11.3 Å². The summed E-state index contributed by atoms with van der Waals surface area (Å²) in [5, 5.41) is 8.94. The topological polar surface area (TPSA) is 61.5 Å². The summed E-state index contributed by atoms with van der Waals surface area (Å²) in [5.74, 6) is 1.06. The van der Waals surface area contributed by atoms with Crippen LogP contribution >= 0.6 is 35.0 Å². The maximum Gasteiger partial charge on any atom is 0.198 e. The third-order valence-electron chi connectivity index (χ3n) is 3.56. The lowest BCUT2D eigenvalue weighted by molar-refractivity contribution is -0.145. The smallest absolute Gasteiger partial charge is 0.198 e. The number of fused-ring (bicyclic) bond motifs is 2. The van der Waals surface area contributed by atoms with Crippen LogP contribution in [0.1, 0.15) is 24.9 Å². The van der Waals surface area contributed by atoms with Crippen molar-refractivity contribution in [2.24, 2.45) is 0 Å². The molecule has 6 nitrogen and oxygen atoms in total. The summed E-state index contributed by atoms with van der Waals surface area (Å²) in [6, 6.07) is 0. The van der Waals surface area contributed by atoms with Gasteiger partial charge in [-0.2, -0.15) is 0 Å². The Hall–Kier alpha value is -0.600. The Morgan fingerprint density at radius 3 is 2.95 bits per heavy atom. The fraction of sp³-hybridized carbons (Fsp3) is 0.583. The van der Waals surface area contributed by atoms with Crippen LogP contribution in [0, 0.1) is 0 Å². The van der Waals surface area contributed by atoms with E-state index in [-0.39, 0.29) is 22.6 Å². The van der Waals surface area contributed by atoms with Gasteiger partial charge in [0.25, 0.3) is 0 Å². The molecule has 0 spiro atoms. The summed E-state index contributed by atoms with van der Waals surface area (Å²) >= 11 is 13.8. The first-order valence-corrected chi connectivity index (χ1v) is 8.29. The van der Waals surface area contributed by atoms with Crippen LogP contribution in [0.5, 0.6) is 0 Å². The van der Waals surface area contributed by atoms with E-state index in [1.54, 1.807) is 22.4 Å². The average Bonchev–Trinajstić information content (AvgIpc) is 3.00. The zero-order valence-electron chi connectivity index (χ0n) is 11.3. The quantitative estimate of drug-likeness (QED) is 0.791. The van der Waals surface area contributed by atoms with E-state index in [2.05, 4.69) is 15.2 Å². The number of halogens is 2. The van der Waals surface area contributed by atoms with Crippen molar-refractivity contribution in [1.29, 1.82) is 0 Å². The number of rotatable bonds is 1. The molecule has 112 valence electrons. The fourth-order valence-corrected chi connectivity index (χ4v) is 4.64. The zero-order chi connectivity index (χ0) is 14.8. The van der Waals surface area contributed by atoms with Gasteiger partial charge >= 0.3 is 0 Å². The Morgan fingerprint density at radius 1 is 1.33 bits per heavy atom. The molecular weight excluding hydrogens is 335 g/mol. The Morgan fingerprint density at radius 2 is 2.14 bits per heavy atom. The van der Waals surface area contributed by atoms with Crippen LogP contribution in [0.15, 0.2) is 6.20 Å². The van der Waals surface area contributed by atoms with Crippen molar-refractivity contribution in [1.82, 2.24) is 19.6 Å². The zero-order valence-corrected chi connectivity index (χ0v) is 13.6. The van der Waals surface area contributed by atoms with Gasteiger partial charge in [0.2, 0.25) is 0 Å². The highest BCUT2D eigenvalue weighted by atomic mass is 35.5. The van der Waals surface area contributed by atoms with E-state index in [0.29, 0.717) is 10.8 Å². The lowest BCUT2D eigenvalue weighted by Crippen LogP contribution is -2.24. The number of hydrogen-bond donors (Lipinski definition) is 0. The first-order valence-electron chi connectivity index (χ1n) is 6.48. The van der Waals surface area contributed by atoms with E-state index in [9.17, 15) is 0 Å². The maximum atomic E-state index is 6.06.